The molecule has 21 heavy (non-hydrogen) atoms. The maximum Gasteiger partial charge on any atom is 0.161 e. The van der Waals surface area contributed by atoms with Gasteiger partial charge in [0, 0.05) is 9.75 Å². The lowest BCUT2D eigenvalue weighted by molar-refractivity contribution is 0.222. The van der Waals surface area contributed by atoms with Crippen molar-refractivity contribution in [1.82, 2.24) is 0 Å². The van der Waals surface area contributed by atoms with E-state index in [0.717, 1.165) is 28.8 Å². The molecule has 0 bridgehead atoms. The third kappa shape index (κ3) is 2.54. The van der Waals surface area contributed by atoms with E-state index < -0.39 is 6.10 Å². The second-order valence-corrected chi connectivity index (χ2v) is 6.59. The number of aliphatic hydroxyl groups excluding tert-OH is 1. The van der Waals surface area contributed by atoms with Crippen LogP contribution in [-0.4, -0.2) is 19.3 Å². The number of thiophene rings is 1. The minimum Gasteiger partial charge on any atom is -0.493 e. The molecule has 1 aliphatic rings. The number of benzene rings is 1. The van der Waals surface area contributed by atoms with Gasteiger partial charge >= 0.3 is 0 Å². The fraction of sp³-hybridized carbons (Fsp3) is 0.412. The number of methoxy groups -OCH3 is 2. The molecule has 0 spiro atoms. The van der Waals surface area contributed by atoms with Crippen LogP contribution < -0.4 is 9.47 Å². The van der Waals surface area contributed by atoms with E-state index in [1.54, 1.807) is 25.6 Å². The van der Waals surface area contributed by atoms with Gasteiger partial charge in [0.2, 0.25) is 0 Å². The molecule has 3 rings (SSSR count). The van der Waals surface area contributed by atoms with E-state index in [1.807, 2.05) is 19.1 Å². The second-order valence-electron chi connectivity index (χ2n) is 5.42. The molecule has 0 radical (unpaired) electrons. The van der Waals surface area contributed by atoms with Crippen molar-refractivity contribution in [3.05, 3.63) is 44.6 Å². The van der Waals surface area contributed by atoms with Gasteiger partial charge in [0.15, 0.2) is 11.5 Å². The van der Waals surface area contributed by atoms with Crippen molar-refractivity contribution in [1.29, 1.82) is 0 Å². The molecule has 2 aromatic rings. The Labute approximate surface area is 129 Å². The van der Waals surface area contributed by atoms with Gasteiger partial charge in [-0.05, 0) is 61.1 Å². The summed E-state index contributed by atoms with van der Waals surface area (Å²) >= 11 is 1.73. The average Bonchev–Trinajstić information content (AvgIpc) is 3.07. The summed E-state index contributed by atoms with van der Waals surface area (Å²) in [6, 6.07) is 5.95. The predicted octanol–water partition coefficient (Wildman–Crippen LogP) is 3.64. The van der Waals surface area contributed by atoms with Gasteiger partial charge in [-0.1, -0.05) is 0 Å². The Hall–Kier alpha value is -1.52. The van der Waals surface area contributed by atoms with Gasteiger partial charge in [-0.15, -0.1) is 11.3 Å². The minimum absolute atomic E-state index is 0.597. The molecule has 1 N–H and O–H groups in total. The zero-order valence-corrected chi connectivity index (χ0v) is 13.4. The lowest BCUT2D eigenvalue weighted by atomic mass is 10.0. The van der Waals surface area contributed by atoms with Gasteiger partial charge in [0.05, 0.1) is 14.2 Å². The standard InChI is InChI=1S/C17H20O3S/c1-10-7-13(19-2)14(20-3)9-12(10)17(18)16-8-11-5-4-6-15(11)21-16/h7-9,17-18H,4-6H2,1-3H3. The molecule has 1 heterocycles. The smallest absolute Gasteiger partial charge is 0.161 e. The Kier molecular flexibility index (Phi) is 3.91. The Morgan fingerprint density at radius 2 is 1.81 bits per heavy atom. The van der Waals surface area contributed by atoms with E-state index in [1.165, 1.54) is 16.9 Å². The molecule has 1 aromatic carbocycles. The average molecular weight is 304 g/mol. The van der Waals surface area contributed by atoms with Crippen LogP contribution in [0.5, 0.6) is 11.5 Å². The van der Waals surface area contributed by atoms with Crippen LogP contribution in [0.25, 0.3) is 0 Å². The summed E-state index contributed by atoms with van der Waals surface area (Å²) in [6.07, 6.45) is 2.94. The van der Waals surface area contributed by atoms with E-state index in [0.29, 0.717) is 11.5 Å². The molecule has 1 aliphatic carbocycles. The maximum absolute atomic E-state index is 10.7. The highest BCUT2D eigenvalue weighted by Gasteiger charge is 2.22. The zero-order valence-electron chi connectivity index (χ0n) is 12.6. The summed E-state index contributed by atoms with van der Waals surface area (Å²) in [5, 5.41) is 10.7. The molecule has 1 atom stereocenters. The summed E-state index contributed by atoms with van der Waals surface area (Å²) < 4.78 is 10.6. The Morgan fingerprint density at radius 3 is 2.48 bits per heavy atom. The van der Waals surface area contributed by atoms with E-state index in [9.17, 15) is 5.11 Å². The number of ether oxygens (including phenoxy) is 2. The predicted molar refractivity (Wildman–Crippen MR) is 84.7 cm³/mol. The van der Waals surface area contributed by atoms with E-state index in [4.69, 9.17) is 9.47 Å². The molecule has 0 saturated carbocycles. The normalized spacial score (nSPS) is 14.9. The largest absolute Gasteiger partial charge is 0.493 e. The number of rotatable bonds is 4. The van der Waals surface area contributed by atoms with Crippen LogP contribution in [0.3, 0.4) is 0 Å². The van der Waals surface area contributed by atoms with Crippen molar-refractivity contribution < 1.29 is 14.6 Å². The minimum atomic E-state index is -0.597. The summed E-state index contributed by atoms with van der Waals surface area (Å²) in [5.41, 5.74) is 3.30. The van der Waals surface area contributed by atoms with Gasteiger partial charge < -0.3 is 14.6 Å². The van der Waals surface area contributed by atoms with Crippen LogP contribution in [0.4, 0.5) is 0 Å². The van der Waals surface area contributed by atoms with Gasteiger partial charge in [-0.2, -0.15) is 0 Å². The third-order valence-electron chi connectivity index (χ3n) is 4.10. The van der Waals surface area contributed by atoms with Gasteiger partial charge in [0.1, 0.15) is 6.10 Å². The zero-order chi connectivity index (χ0) is 15.0. The van der Waals surface area contributed by atoms with Gasteiger partial charge in [0.25, 0.3) is 0 Å². The molecule has 4 heteroatoms. The SMILES string of the molecule is COc1cc(C)c(C(O)c2cc3c(s2)CCC3)cc1OC. The first-order chi connectivity index (χ1) is 10.1. The number of aliphatic hydroxyl groups is 1. The molecule has 0 amide bonds. The number of hydrogen-bond donors (Lipinski definition) is 1. The van der Waals surface area contributed by atoms with Crippen LogP contribution in [-0.2, 0) is 12.8 Å². The molecular formula is C17H20O3S. The Balaban J connectivity index is 1.98. The number of aryl methyl sites for hydroxylation is 3. The lowest BCUT2D eigenvalue weighted by Crippen LogP contribution is -2.02. The molecular weight excluding hydrogens is 284 g/mol. The third-order valence-corrected chi connectivity index (χ3v) is 5.39. The van der Waals surface area contributed by atoms with Crippen LogP contribution in [0.1, 0.15) is 39.0 Å². The molecule has 0 saturated heterocycles. The summed E-state index contributed by atoms with van der Waals surface area (Å²) in [7, 11) is 3.24. The van der Waals surface area contributed by atoms with Crippen molar-refractivity contribution in [2.45, 2.75) is 32.3 Å². The van der Waals surface area contributed by atoms with E-state index >= 15 is 0 Å². The molecule has 1 unspecified atom stereocenters. The second kappa shape index (κ2) is 5.70. The summed E-state index contributed by atoms with van der Waals surface area (Å²) in [4.78, 5) is 2.46. The first-order valence-corrected chi connectivity index (χ1v) is 7.97. The van der Waals surface area contributed by atoms with Crippen LogP contribution in [0.2, 0.25) is 0 Å². The first kappa shape index (κ1) is 14.4. The lowest BCUT2D eigenvalue weighted by Gasteiger charge is -2.16. The Bertz CT molecular complexity index is 639. The molecule has 3 nitrogen and oxygen atoms in total. The van der Waals surface area contributed by atoms with Gasteiger partial charge in [-0.3, -0.25) is 0 Å². The van der Waals surface area contributed by atoms with Crippen LogP contribution in [0, 0.1) is 6.92 Å². The summed E-state index contributed by atoms with van der Waals surface area (Å²) in [5.74, 6) is 1.35. The monoisotopic (exact) mass is 304 g/mol. The van der Waals surface area contributed by atoms with Crippen molar-refractivity contribution in [3.63, 3.8) is 0 Å². The highest BCUT2D eigenvalue weighted by Crippen LogP contribution is 2.39. The van der Waals surface area contributed by atoms with Crippen molar-refractivity contribution in [3.8, 4) is 11.5 Å². The van der Waals surface area contributed by atoms with Crippen LogP contribution in [0.15, 0.2) is 18.2 Å². The fourth-order valence-electron chi connectivity index (χ4n) is 2.93. The van der Waals surface area contributed by atoms with E-state index in [-0.39, 0.29) is 0 Å². The Morgan fingerprint density at radius 1 is 1.10 bits per heavy atom. The summed E-state index contributed by atoms with van der Waals surface area (Å²) in [6.45, 7) is 1.99. The first-order valence-electron chi connectivity index (χ1n) is 7.16. The quantitative estimate of drug-likeness (QED) is 0.937. The topological polar surface area (TPSA) is 38.7 Å². The molecule has 1 aromatic heterocycles. The van der Waals surface area contributed by atoms with Crippen molar-refractivity contribution >= 4 is 11.3 Å². The van der Waals surface area contributed by atoms with Crippen molar-refractivity contribution in [2.24, 2.45) is 0 Å². The van der Waals surface area contributed by atoms with E-state index in [2.05, 4.69) is 6.07 Å². The number of hydrogen-bond acceptors (Lipinski definition) is 4. The van der Waals surface area contributed by atoms with Crippen LogP contribution >= 0.6 is 11.3 Å². The number of fused-ring (bicyclic) bond motifs is 1. The molecule has 0 aliphatic heterocycles. The fourth-order valence-corrected chi connectivity index (χ4v) is 4.19. The van der Waals surface area contributed by atoms with Crippen molar-refractivity contribution in [2.75, 3.05) is 14.2 Å². The molecule has 0 fully saturated rings. The van der Waals surface area contributed by atoms with Gasteiger partial charge in [-0.25, -0.2) is 0 Å². The maximum atomic E-state index is 10.7. The highest BCUT2D eigenvalue weighted by molar-refractivity contribution is 7.12. The molecule has 112 valence electrons. The highest BCUT2D eigenvalue weighted by atomic mass is 32.1.